The minimum absolute atomic E-state index is 0.195. The average Bonchev–Trinajstić information content (AvgIpc) is 4.13. The van der Waals surface area contributed by atoms with Crippen molar-refractivity contribution in [1.29, 1.82) is 0 Å². The van der Waals surface area contributed by atoms with Crippen molar-refractivity contribution < 1.29 is 33.7 Å². The van der Waals surface area contributed by atoms with Crippen molar-refractivity contribution in [2.75, 3.05) is 44.0 Å². The van der Waals surface area contributed by atoms with Crippen LogP contribution in [-0.2, 0) is 30.8 Å². The van der Waals surface area contributed by atoms with Crippen molar-refractivity contribution in [2.24, 2.45) is 11.5 Å². The Bertz CT molecular complexity index is 2730. The number of aliphatic hydroxyl groups excluding tert-OH is 1. The first kappa shape index (κ1) is 43.3. The number of imidazole rings is 2. The molecule has 2 fully saturated rings. The van der Waals surface area contributed by atoms with Gasteiger partial charge in [0.05, 0.1) is 58.7 Å². The van der Waals surface area contributed by atoms with Crippen molar-refractivity contribution in [3.05, 3.63) is 80.6 Å². The standard InChI is InChI=1S/C43H52N12O7S/c1-6-29-37(63-24(4)46-29)41(59)50-43-48-31-17-26(39(45)57)19-34(61-14-10-11-52-21-28-20-27(52)22-62-28)36(31)54(43)13-9-8-12-53-35-30(16-25(38(44)56)18-33(35)60-5)47-42(53)49-40(58)32-15-23(3)51-55(32)7-2/h8-9,15-19,27-28,41,59H,6-7,10-14,20-22H2,1-5H3,(H2,44,56)(H2,45,57)(H,48,50)(H,47,49,58)/b9-8+. The molecule has 0 radical (unpaired) electrons. The number of nitrogens with one attached hydrogen (secondary N) is 2. The molecule has 332 valence electrons. The topological polar surface area (TPSA) is 245 Å². The Kier molecular flexibility index (Phi) is 12.5. The number of hydrogen-bond donors (Lipinski definition) is 5. The SMILES string of the molecule is CCc1nc(C)sc1C(O)Nc1nc2cc(C(N)=O)cc(OCCCN3CC4CC3CO4)c2n1C/C=C/Cn1c(NC(=O)c2cc(C)nn2CC)nc2cc(C(N)=O)cc(OC)c21. The van der Waals surface area contributed by atoms with E-state index in [0.717, 1.165) is 43.2 Å². The maximum atomic E-state index is 13.7. The fraction of sp³-hybridized carbons (Fsp3) is 0.419. The fourth-order valence-corrected chi connectivity index (χ4v) is 9.36. The van der Waals surface area contributed by atoms with Crippen LogP contribution < -0.4 is 31.6 Å². The number of nitrogens with two attached hydrogens (primary N) is 2. The van der Waals surface area contributed by atoms with Gasteiger partial charge in [0, 0.05) is 49.9 Å². The molecule has 2 aromatic carbocycles. The van der Waals surface area contributed by atoms with E-state index in [0.29, 0.717) is 87.5 Å². The quantitative estimate of drug-likeness (QED) is 0.0434. The summed E-state index contributed by atoms with van der Waals surface area (Å²) in [6.45, 7) is 11.4. The lowest BCUT2D eigenvalue weighted by Gasteiger charge is -2.26. The highest BCUT2D eigenvalue weighted by Gasteiger charge is 2.38. The van der Waals surface area contributed by atoms with Crippen LogP contribution in [0.1, 0.15) is 85.4 Å². The molecule has 8 rings (SSSR count). The molecule has 6 heterocycles. The predicted molar refractivity (Wildman–Crippen MR) is 237 cm³/mol. The summed E-state index contributed by atoms with van der Waals surface area (Å²) in [7, 11) is 1.48. The van der Waals surface area contributed by atoms with E-state index in [1.807, 2.05) is 44.4 Å². The number of allylic oxidation sites excluding steroid dienone is 2. The molecule has 19 nitrogen and oxygen atoms in total. The number of fused-ring (bicyclic) bond motifs is 4. The smallest absolute Gasteiger partial charge is 0.276 e. The van der Waals surface area contributed by atoms with Crippen LogP contribution in [0.2, 0.25) is 0 Å². The molecular formula is C43H52N12O7S. The Hall–Kier alpha value is -6.35. The second-order valence-corrected chi connectivity index (χ2v) is 16.8. The summed E-state index contributed by atoms with van der Waals surface area (Å²) in [5, 5.41) is 23.0. The van der Waals surface area contributed by atoms with Crippen LogP contribution in [0, 0.1) is 13.8 Å². The van der Waals surface area contributed by atoms with Crippen molar-refractivity contribution in [2.45, 2.75) is 85.0 Å². The third kappa shape index (κ3) is 8.83. The van der Waals surface area contributed by atoms with Gasteiger partial charge in [0.15, 0.2) is 6.23 Å². The molecule has 63 heavy (non-hydrogen) atoms. The Morgan fingerprint density at radius 2 is 1.63 bits per heavy atom. The summed E-state index contributed by atoms with van der Waals surface area (Å²) in [6.07, 6.45) is 5.38. The van der Waals surface area contributed by atoms with E-state index in [4.69, 9.17) is 35.6 Å². The third-order valence-corrected chi connectivity index (χ3v) is 12.4. The van der Waals surface area contributed by atoms with Gasteiger partial charge in [-0.25, -0.2) is 15.0 Å². The maximum Gasteiger partial charge on any atom is 0.276 e. The minimum atomic E-state index is -1.14. The molecule has 0 saturated carbocycles. The summed E-state index contributed by atoms with van der Waals surface area (Å²) in [5.41, 5.74) is 15.7. The number of benzene rings is 2. The molecule has 2 aliphatic heterocycles. The van der Waals surface area contributed by atoms with Crippen molar-refractivity contribution in [3.63, 3.8) is 0 Å². The molecule has 3 unspecified atom stereocenters. The molecule has 6 aromatic rings. The number of thiazole rings is 1. The van der Waals surface area contributed by atoms with Gasteiger partial charge in [0.25, 0.3) is 5.91 Å². The summed E-state index contributed by atoms with van der Waals surface area (Å²) in [6, 6.07) is 8.46. The van der Waals surface area contributed by atoms with E-state index in [-0.39, 0.29) is 30.2 Å². The number of carbonyl (C=O) groups excluding carboxylic acids is 3. The molecule has 2 saturated heterocycles. The van der Waals surface area contributed by atoms with Gasteiger partial charge in [-0.1, -0.05) is 19.1 Å². The summed E-state index contributed by atoms with van der Waals surface area (Å²) < 4.78 is 23.2. The normalized spacial score (nSPS) is 16.7. The summed E-state index contributed by atoms with van der Waals surface area (Å²) in [4.78, 5) is 55.9. The number of amides is 3. The fourth-order valence-electron chi connectivity index (χ4n) is 8.41. The van der Waals surface area contributed by atoms with Gasteiger partial charge in [-0.05, 0) is 70.4 Å². The lowest BCUT2D eigenvalue weighted by atomic mass is 10.1. The molecular weight excluding hydrogens is 829 g/mol. The van der Waals surface area contributed by atoms with E-state index in [1.165, 1.54) is 24.5 Å². The zero-order valence-electron chi connectivity index (χ0n) is 35.9. The van der Waals surface area contributed by atoms with Crippen LogP contribution in [0.3, 0.4) is 0 Å². The van der Waals surface area contributed by atoms with Crippen molar-refractivity contribution >= 4 is 63.0 Å². The van der Waals surface area contributed by atoms with Crippen LogP contribution in [0.25, 0.3) is 22.1 Å². The number of aliphatic hydroxyl groups is 1. The first-order valence-electron chi connectivity index (χ1n) is 21.0. The molecule has 2 bridgehead atoms. The molecule has 2 aliphatic rings. The van der Waals surface area contributed by atoms with Gasteiger partial charge >= 0.3 is 0 Å². The third-order valence-electron chi connectivity index (χ3n) is 11.3. The van der Waals surface area contributed by atoms with Gasteiger partial charge in [-0.2, -0.15) is 5.10 Å². The first-order valence-corrected chi connectivity index (χ1v) is 21.8. The van der Waals surface area contributed by atoms with Gasteiger partial charge in [-0.3, -0.25) is 29.3 Å². The average molecular weight is 881 g/mol. The number of primary amides is 2. The number of ether oxygens (including phenoxy) is 3. The first-order chi connectivity index (χ1) is 30.3. The van der Waals surface area contributed by atoms with E-state index < -0.39 is 23.9 Å². The van der Waals surface area contributed by atoms with Crippen molar-refractivity contribution in [3.8, 4) is 11.5 Å². The molecule has 7 N–H and O–H groups in total. The lowest BCUT2D eigenvalue weighted by molar-refractivity contribution is 0.0289. The molecule has 3 amide bonds. The van der Waals surface area contributed by atoms with E-state index in [2.05, 4.69) is 25.6 Å². The molecule has 3 atom stereocenters. The van der Waals surface area contributed by atoms with Crippen LogP contribution in [0.15, 0.2) is 42.5 Å². The monoisotopic (exact) mass is 880 g/mol. The number of methoxy groups -OCH3 is 1. The van der Waals surface area contributed by atoms with Crippen molar-refractivity contribution in [1.82, 2.24) is 38.8 Å². The highest BCUT2D eigenvalue weighted by atomic mass is 32.1. The lowest BCUT2D eigenvalue weighted by Crippen LogP contribution is -2.37. The number of likely N-dealkylation sites (tertiary alicyclic amines) is 1. The maximum absolute atomic E-state index is 13.7. The van der Waals surface area contributed by atoms with E-state index in [1.54, 1.807) is 33.5 Å². The second-order valence-electron chi connectivity index (χ2n) is 15.6. The molecule has 20 heteroatoms. The Balaban J connectivity index is 1.14. The predicted octanol–water partition coefficient (Wildman–Crippen LogP) is 4.30. The highest BCUT2D eigenvalue weighted by Crippen LogP contribution is 2.35. The van der Waals surface area contributed by atoms with Crippen LogP contribution >= 0.6 is 11.3 Å². The number of hydrogen-bond acceptors (Lipinski definition) is 14. The number of nitrogens with zero attached hydrogens (tertiary/aromatic N) is 8. The second kappa shape index (κ2) is 18.2. The molecule has 4 aromatic heterocycles. The van der Waals surface area contributed by atoms with Crippen LogP contribution in [0.4, 0.5) is 11.9 Å². The van der Waals surface area contributed by atoms with E-state index in [9.17, 15) is 19.5 Å². The van der Waals surface area contributed by atoms with Crippen LogP contribution in [0.5, 0.6) is 11.5 Å². The number of aromatic nitrogens is 7. The largest absolute Gasteiger partial charge is 0.494 e. The Morgan fingerprint density at radius 1 is 0.968 bits per heavy atom. The number of rotatable bonds is 19. The van der Waals surface area contributed by atoms with Gasteiger partial charge < -0.3 is 45.2 Å². The highest BCUT2D eigenvalue weighted by molar-refractivity contribution is 7.11. The Morgan fingerprint density at radius 3 is 2.25 bits per heavy atom. The molecule has 0 aliphatic carbocycles. The van der Waals surface area contributed by atoms with E-state index >= 15 is 0 Å². The minimum Gasteiger partial charge on any atom is -0.494 e. The van der Waals surface area contributed by atoms with Gasteiger partial charge in [0.2, 0.25) is 23.7 Å². The zero-order valence-corrected chi connectivity index (χ0v) is 36.7. The number of morpholine rings is 1. The number of anilines is 2. The summed E-state index contributed by atoms with van der Waals surface area (Å²) in [5.74, 6) is -0.431. The number of aryl methyl sites for hydroxylation is 4. The van der Waals surface area contributed by atoms with Crippen LogP contribution in [-0.4, -0.2) is 107 Å². The zero-order chi connectivity index (χ0) is 44.5. The van der Waals surface area contributed by atoms with Gasteiger partial charge in [0.1, 0.15) is 28.2 Å². The molecule has 0 spiro atoms. The number of carbonyl (C=O) groups is 3. The Labute approximate surface area is 367 Å². The summed E-state index contributed by atoms with van der Waals surface area (Å²) >= 11 is 1.40. The van der Waals surface area contributed by atoms with Gasteiger partial charge in [-0.15, -0.1) is 11.3 Å².